The summed E-state index contributed by atoms with van der Waals surface area (Å²) in [6.07, 6.45) is 4.12. The van der Waals surface area contributed by atoms with Crippen molar-refractivity contribution < 1.29 is 9.53 Å². The highest BCUT2D eigenvalue weighted by molar-refractivity contribution is 5.88. The van der Waals surface area contributed by atoms with Crippen molar-refractivity contribution >= 4 is 17.2 Å². The van der Waals surface area contributed by atoms with Crippen LogP contribution in [0.4, 0.5) is 0 Å². The number of carbonyl (C=O) groups is 1. The van der Waals surface area contributed by atoms with E-state index >= 15 is 0 Å². The third kappa shape index (κ3) is 2.25. The maximum Gasteiger partial charge on any atom is 0.230 e. The van der Waals surface area contributed by atoms with Crippen LogP contribution in [0.15, 0.2) is 42.7 Å². The number of hydrogen-bond donors (Lipinski definition) is 0. The van der Waals surface area contributed by atoms with E-state index in [1.54, 1.807) is 23.1 Å². The molecule has 0 aliphatic carbocycles. The van der Waals surface area contributed by atoms with Crippen molar-refractivity contribution in [3.05, 3.63) is 48.3 Å². The molecule has 1 aromatic carbocycles. The van der Waals surface area contributed by atoms with Crippen LogP contribution in [0.3, 0.4) is 0 Å². The SMILES string of the molecule is CCn1cc(Oc2nc3ccccc3cc2C=O)cn1. The first-order chi connectivity index (χ1) is 9.80. The second-order valence-corrected chi connectivity index (χ2v) is 4.33. The molecule has 5 nitrogen and oxygen atoms in total. The van der Waals surface area contributed by atoms with Gasteiger partial charge in [-0.25, -0.2) is 4.98 Å². The third-order valence-electron chi connectivity index (χ3n) is 2.99. The van der Waals surface area contributed by atoms with Crippen LogP contribution in [-0.2, 0) is 6.54 Å². The third-order valence-corrected chi connectivity index (χ3v) is 2.99. The minimum absolute atomic E-state index is 0.300. The minimum atomic E-state index is 0.300. The Hall–Kier alpha value is -2.69. The Bertz CT molecular complexity index is 765. The van der Waals surface area contributed by atoms with E-state index < -0.39 is 0 Å². The number of fused-ring (bicyclic) bond motifs is 1. The van der Waals surface area contributed by atoms with Gasteiger partial charge in [-0.2, -0.15) is 5.10 Å². The first-order valence-electron chi connectivity index (χ1n) is 6.35. The smallest absolute Gasteiger partial charge is 0.230 e. The molecule has 0 N–H and O–H groups in total. The molecule has 3 rings (SSSR count). The van der Waals surface area contributed by atoms with E-state index in [2.05, 4.69) is 10.1 Å². The summed E-state index contributed by atoms with van der Waals surface area (Å²) in [7, 11) is 0. The maximum absolute atomic E-state index is 11.2. The van der Waals surface area contributed by atoms with Crippen molar-refractivity contribution in [3.63, 3.8) is 0 Å². The average Bonchev–Trinajstić information content (AvgIpc) is 2.94. The zero-order valence-electron chi connectivity index (χ0n) is 11.0. The van der Waals surface area contributed by atoms with Crippen molar-refractivity contribution in [3.8, 4) is 11.6 Å². The molecule has 0 unspecified atom stereocenters. The van der Waals surface area contributed by atoms with E-state index in [0.29, 0.717) is 17.2 Å². The topological polar surface area (TPSA) is 57.0 Å². The van der Waals surface area contributed by atoms with Gasteiger partial charge in [0.15, 0.2) is 12.0 Å². The molecular formula is C15H13N3O2. The fourth-order valence-corrected chi connectivity index (χ4v) is 1.96. The molecule has 0 radical (unpaired) electrons. The van der Waals surface area contributed by atoms with Crippen molar-refractivity contribution in [1.29, 1.82) is 0 Å². The molecular weight excluding hydrogens is 254 g/mol. The predicted molar refractivity (Wildman–Crippen MR) is 75.1 cm³/mol. The summed E-state index contributed by atoms with van der Waals surface area (Å²) in [6, 6.07) is 9.37. The molecule has 0 saturated heterocycles. The zero-order chi connectivity index (χ0) is 13.9. The van der Waals surface area contributed by atoms with Crippen molar-refractivity contribution in [2.75, 3.05) is 0 Å². The standard InChI is InChI=1S/C15H13N3O2/c1-2-18-9-13(8-16-18)20-15-12(10-19)7-11-5-3-4-6-14(11)17-15/h3-10H,2H2,1H3. The molecule has 0 atom stereocenters. The largest absolute Gasteiger partial charge is 0.435 e. The summed E-state index contributed by atoms with van der Waals surface area (Å²) >= 11 is 0. The highest BCUT2D eigenvalue weighted by Crippen LogP contribution is 2.25. The Balaban J connectivity index is 2.02. The van der Waals surface area contributed by atoms with Gasteiger partial charge in [0, 0.05) is 11.9 Å². The highest BCUT2D eigenvalue weighted by Gasteiger charge is 2.09. The molecule has 5 heteroatoms. The van der Waals surface area contributed by atoms with Gasteiger partial charge in [0.05, 0.1) is 23.5 Å². The van der Waals surface area contributed by atoms with Gasteiger partial charge in [0.25, 0.3) is 0 Å². The Morgan fingerprint density at radius 2 is 2.20 bits per heavy atom. The van der Waals surface area contributed by atoms with Gasteiger partial charge in [0.1, 0.15) is 0 Å². The van der Waals surface area contributed by atoms with Crippen molar-refractivity contribution in [1.82, 2.24) is 14.8 Å². The lowest BCUT2D eigenvalue weighted by Gasteiger charge is -2.06. The van der Waals surface area contributed by atoms with E-state index in [1.165, 1.54) is 0 Å². The number of pyridine rings is 1. The first-order valence-corrected chi connectivity index (χ1v) is 6.35. The van der Waals surface area contributed by atoms with Crippen LogP contribution in [-0.4, -0.2) is 21.1 Å². The zero-order valence-corrected chi connectivity index (χ0v) is 11.0. The number of benzene rings is 1. The number of ether oxygens (including phenoxy) is 1. The van der Waals surface area contributed by atoms with Crippen LogP contribution >= 0.6 is 0 Å². The molecule has 0 bridgehead atoms. The second kappa shape index (κ2) is 5.13. The van der Waals surface area contributed by atoms with Crippen molar-refractivity contribution in [2.45, 2.75) is 13.5 Å². The number of hydrogen-bond acceptors (Lipinski definition) is 4. The van der Waals surface area contributed by atoms with Crippen LogP contribution in [0.1, 0.15) is 17.3 Å². The van der Waals surface area contributed by atoms with Gasteiger partial charge >= 0.3 is 0 Å². The van der Waals surface area contributed by atoms with Crippen molar-refractivity contribution in [2.24, 2.45) is 0 Å². The molecule has 20 heavy (non-hydrogen) atoms. The summed E-state index contributed by atoms with van der Waals surface area (Å²) in [4.78, 5) is 15.6. The lowest BCUT2D eigenvalue weighted by Crippen LogP contribution is -1.95. The van der Waals surface area contributed by atoms with E-state index in [0.717, 1.165) is 23.7 Å². The van der Waals surface area contributed by atoms with E-state index in [9.17, 15) is 4.79 Å². The molecule has 0 aliphatic heterocycles. The first kappa shape index (κ1) is 12.3. The number of aldehydes is 1. The van der Waals surface area contributed by atoms with Gasteiger partial charge in [-0.05, 0) is 19.1 Å². The van der Waals surface area contributed by atoms with E-state index in [1.807, 2.05) is 31.2 Å². The molecule has 3 aromatic rings. The minimum Gasteiger partial charge on any atom is -0.435 e. The second-order valence-electron chi connectivity index (χ2n) is 4.33. The predicted octanol–water partition coefficient (Wildman–Crippen LogP) is 3.06. The average molecular weight is 267 g/mol. The fraction of sp³-hybridized carbons (Fsp3) is 0.133. The Morgan fingerprint density at radius 3 is 2.95 bits per heavy atom. The van der Waals surface area contributed by atoms with E-state index in [4.69, 9.17) is 4.74 Å². The molecule has 0 saturated carbocycles. The van der Waals surface area contributed by atoms with Crippen LogP contribution in [0.5, 0.6) is 11.6 Å². The summed E-state index contributed by atoms with van der Waals surface area (Å²) in [5.74, 6) is 0.868. The number of aromatic nitrogens is 3. The fourth-order valence-electron chi connectivity index (χ4n) is 1.96. The summed E-state index contributed by atoms with van der Waals surface area (Å²) in [5, 5.41) is 5.03. The molecule has 0 fully saturated rings. The van der Waals surface area contributed by atoms with Gasteiger partial charge in [-0.3, -0.25) is 9.48 Å². The summed E-state index contributed by atoms with van der Waals surface area (Å²) in [5.41, 5.74) is 1.21. The van der Waals surface area contributed by atoms with E-state index in [-0.39, 0.29) is 0 Å². The lowest BCUT2D eigenvalue weighted by atomic mass is 10.1. The maximum atomic E-state index is 11.2. The number of rotatable bonds is 4. The highest BCUT2D eigenvalue weighted by atomic mass is 16.5. The Kier molecular flexibility index (Phi) is 3.16. The summed E-state index contributed by atoms with van der Waals surface area (Å²) in [6.45, 7) is 2.75. The molecule has 100 valence electrons. The molecule has 2 heterocycles. The van der Waals surface area contributed by atoms with Gasteiger partial charge in [-0.1, -0.05) is 18.2 Å². The molecule has 0 aliphatic rings. The Morgan fingerprint density at radius 1 is 1.35 bits per heavy atom. The van der Waals surface area contributed by atoms with Gasteiger partial charge in [0.2, 0.25) is 5.88 Å². The number of nitrogens with zero attached hydrogens (tertiary/aromatic N) is 3. The molecule has 0 amide bonds. The number of carbonyl (C=O) groups excluding carboxylic acids is 1. The Labute approximate surface area is 115 Å². The molecule has 2 aromatic heterocycles. The van der Waals surface area contributed by atoms with Crippen LogP contribution in [0, 0.1) is 0 Å². The quantitative estimate of drug-likeness (QED) is 0.682. The van der Waals surface area contributed by atoms with Gasteiger partial charge in [-0.15, -0.1) is 0 Å². The number of aryl methyl sites for hydroxylation is 1. The normalized spacial score (nSPS) is 10.7. The summed E-state index contributed by atoms with van der Waals surface area (Å²) < 4.78 is 7.41. The number of para-hydroxylation sites is 1. The monoisotopic (exact) mass is 267 g/mol. The molecule has 0 spiro atoms. The lowest BCUT2D eigenvalue weighted by molar-refractivity contribution is 0.112. The van der Waals surface area contributed by atoms with Crippen LogP contribution in [0.25, 0.3) is 10.9 Å². The van der Waals surface area contributed by atoms with Crippen LogP contribution < -0.4 is 4.74 Å². The van der Waals surface area contributed by atoms with Gasteiger partial charge < -0.3 is 4.74 Å². The van der Waals surface area contributed by atoms with Crippen LogP contribution in [0.2, 0.25) is 0 Å².